The van der Waals surface area contributed by atoms with Gasteiger partial charge in [0.15, 0.2) is 6.10 Å². The molecule has 0 rings (SSSR count). The molecule has 488 valence electrons. The van der Waals surface area contributed by atoms with Gasteiger partial charge in [0, 0.05) is 19.3 Å². The van der Waals surface area contributed by atoms with E-state index < -0.39 is 6.10 Å². The lowest BCUT2D eigenvalue weighted by atomic mass is 10.0. The summed E-state index contributed by atoms with van der Waals surface area (Å²) in [5, 5.41) is 0. The fraction of sp³-hybridized carbons (Fsp3) is 0.961. The summed E-state index contributed by atoms with van der Waals surface area (Å²) < 4.78 is 16.9. The molecule has 82 heavy (non-hydrogen) atoms. The molecule has 0 N–H and O–H groups in total. The van der Waals surface area contributed by atoms with Crippen molar-refractivity contribution in [1.82, 2.24) is 0 Å². The minimum Gasteiger partial charge on any atom is -0.462 e. The second-order valence-corrected chi connectivity index (χ2v) is 26.3. The van der Waals surface area contributed by atoms with E-state index in [9.17, 15) is 14.4 Å². The van der Waals surface area contributed by atoms with Gasteiger partial charge < -0.3 is 14.2 Å². The molecule has 0 amide bonds. The Morgan fingerprint density at radius 2 is 0.329 bits per heavy atom. The fourth-order valence-electron chi connectivity index (χ4n) is 12.2. The summed E-state index contributed by atoms with van der Waals surface area (Å²) in [4.78, 5) is 38.2. The van der Waals surface area contributed by atoms with Gasteiger partial charge in [-0.15, -0.1) is 0 Å². The zero-order valence-corrected chi connectivity index (χ0v) is 56.3. The molecule has 6 nitrogen and oxygen atoms in total. The molecule has 6 heteroatoms. The quantitative estimate of drug-likeness (QED) is 0.0343. The van der Waals surface area contributed by atoms with Gasteiger partial charge in [-0.2, -0.15) is 0 Å². The van der Waals surface area contributed by atoms with Gasteiger partial charge in [-0.1, -0.05) is 412 Å². The molecule has 0 aromatic heterocycles. The van der Waals surface area contributed by atoms with E-state index >= 15 is 0 Å². The van der Waals surface area contributed by atoms with E-state index in [-0.39, 0.29) is 31.1 Å². The van der Waals surface area contributed by atoms with Crippen molar-refractivity contribution in [3.63, 3.8) is 0 Å². The summed E-state index contributed by atoms with van der Waals surface area (Å²) in [5.41, 5.74) is 0. The van der Waals surface area contributed by atoms with Crippen molar-refractivity contribution in [2.45, 2.75) is 457 Å². The Morgan fingerprint density at radius 3 is 0.488 bits per heavy atom. The van der Waals surface area contributed by atoms with Crippen LogP contribution < -0.4 is 0 Å². The zero-order valence-electron chi connectivity index (χ0n) is 56.3. The molecule has 1 unspecified atom stereocenters. The van der Waals surface area contributed by atoms with Crippen LogP contribution >= 0.6 is 0 Å². The van der Waals surface area contributed by atoms with Gasteiger partial charge in [0.05, 0.1) is 0 Å². The number of hydrogen-bond donors (Lipinski definition) is 0. The van der Waals surface area contributed by atoms with E-state index in [0.717, 1.165) is 57.8 Å². The van der Waals surface area contributed by atoms with Crippen LogP contribution in [0.25, 0.3) is 0 Å². The van der Waals surface area contributed by atoms with Crippen molar-refractivity contribution >= 4 is 17.9 Å². The smallest absolute Gasteiger partial charge is 0.306 e. The topological polar surface area (TPSA) is 78.9 Å². The van der Waals surface area contributed by atoms with Gasteiger partial charge in [-0.05, 0) is 19.3 Å². The van der Waals surface area contributed by atoms with Gasteiger partial charge >= 0.3 is 17.9 Å². The van der Waals surface area contributed by atoms with E-state index in [4.69, 9.17) is 14.2 Å². The molecule has 0 saturated carbocycles. The molecular weight excluding hydrogens is 1010 g/mol. The highest BCUT2D eigenvalue weighted by molar-refractivity contribution is 5.71. The molecule has 0 fully saturated rings. The summed E-state index contributed by atoms with van der Waals surface area (Å²) in [6.07, 6.45) is 86.4. The molecule has 0 radical (unpaired) electrons. The maximum Gasteiger partial charge on any atom is 0.306 e. The number of hydrogen-bond acceptors (Lipinski definition) is 6. The summed E-state index contributed by atoms with van der Waals surface area (Å²) in [6.45, 7) is 6.68. The van der Waals surface area contributed by atoms with E-state index in [1.807, 2.05) is 0 Å². The maximum absolute atomic E-state index is 12.9. The molecule has 0 heterocycles. The number of carbonyl (C=O) groups excluding carboxylic acids is 3. The maximum atomic E-state index is 12.9. The van der Waals surface area contributed by atoms with Crippen LogP contribution in [-0.4, -0.2) is 37.2 Å². The molecule has 0 spiro atoms. The normalized spacial score (nSPS) is 11.9. The minimum absolute atomic E-state index is 0.0615. The Hall–Kier alpha value is -1.59. The third kappa shape index (κ3) is 69.2. The van der Waals surface area contributed by atoms with Gasteiger partial charge in [-0.3, -0.25) is 14.4 Å². The average molecular weight is 1160 g/mol. The Morgan fingerprint density at radius 1 is 0.195 bits per heavy atom. The highest BCUT2D eigenvalue weighted by Crippen LogP contribution is 2.20. The Labute approximate surface area is 514 Å². The van der Waals surface area contributed by atoms with Crippen LogP contribution in [0.3, 0.4) is 0 Å². The van der Waals surface area contributed by atoms with Crippen molar-refractivity contribution in [1.29, 1.82) is 0 Å². The van der Waals surface area contributed by atoms with Crippen molar-refractivity contribution in [3.05, 3.63) is 0 Å². The lowest BCUT2D eigenvalue weighted by Gasteiger charge is -2.18. The van der Waals surface area contributed by atoms with Crippen molar-refractivity contribution in [3.8, 4) is 0 Å². The van der Waals surface area contributed by atoms with Crippen molar-refractivity contribution in [2.24, 2.45) is 0 Å². The van der Waals surface area contributed by atoms with Gasteiger partial charge in [0.25, 0.3) is 0 Å². The third-order valence-electron chi connectivity index (χ3n) is 17.9. The Balaban J connectivity index is 3.90. The Kier molecular flexibility index (Phi) is 70.5. The number of esters is 3. The lowest BCUT2D eigenvalue weighted by molar-refractivity contribution is -0.167. The monoisotopic (exact) mass is 1160 g/mol. The molecule has 1 atom stereocenters. The van der Waals surface area contributed by atoms with E-state index in [0.29, 0.717) is 19.3 Å². The molecule has 0 aromatic carbocycles. The van der Waals surface area contributed by atoms with Crippen LogP contribution in [0.5, 0.6) is 0 Å². The van der Waals surface area contributed by atoms with E-state index in [1.54, 1.807) is 0 Å². The molecule has 0 aromatic rings. The number of carbonyl (C=O) groups is 3. The van der Waals surface area contributed by atoms with Crippen LogP contribution in [0, 0.1) is 0 Å². The first-order valence-electron chi connectivity index (χ1n) is 38.0. The minimum atomic E-state index is -0.762. The first kappa shape index (κ1) is 80.4. The van der Waals surface area contributed by atoms with Gasteiger partial charge in [0.2, 0.25) is 0 Å². The van der Waals surface area contributed by atoms with Crippen molar-refractivity contribution in [2.75, 3.05) is 13.2 Å². The molecular formula is C76H148O6. The number of ether oxygens (including phenoxy) is 3. The van der Waals surface area contributed by atoms with Gasteiger partial charge in [0.1, 0.15) is 13.2 Å². The van der Waals surface area contributed by atoms with E-state index in [2.05, 4.69) is 20.8 Å². The second-order valence-electron chi connectivity index (χ2n) is 26.3. The summed E-state index contributed by atoms with van der Waals surface area (Å²) in [6, 6.07) is 0. The summed E-state index contributed by atoms with van der Waals surface area (Å²) >= 11 is 0. The Bertz CT molecular complexity index is 1240. The predicted octanol–water partition coefficient (Wildman–Crippen LogP) is 26.2. The van der Waals surface area contributed by atoms with E-state index in [1.165, 1.54) is 353 Å². The number of unbranched alkanes of at least 4 members (excludes halogenated alkanes) is 61. The molecule has 0 aliphatic carbocycles. The summed E-state index contributed by atoms with van der Waals surface area (Å²) in [7, 11) is 0. The lowest BCUT2D eigenvalue weighted by Crippen LogP contribution is -2.30. The van der Waals surface area contributed by atoms with Crippen LogP contribution in [0.2, 0.25) is 0 Å². The SMILES string of the molecule is CCCCCCCCCCCCCCCCCCCCCCCCCCCCCCCCC(=O)OCC(COC(=O)CCCCCCCC)OC(=O)CCCCCCCCCCCCCCCCCCCCCCCCCCCCCC. The van der Waals surface area contributed by atoms with Crippen LogP contribution in [0.4, 0.5) is 0 Å². The standard InChI is InChI=1S/C76H148O6/c1-4-7-10-13-16-18-20-22-24-26-28-30-32-34-36-38-39-41-42-44-46-48-50-52-54-56-58-60-63-66-69-75(78)81-72-73(71-80-74(77)68-65-62-15-12-9-6-3)82-76(79)70-67-64-61-59-57-55-53-51-49-47-45-43-40-37-35-33-31-29-27-25-23-21-19-17-14-11-8-5-2/h73H,4-72H2,1-3H3. The summed E-state index contributed by atoms with van der Waals surface area (Å²) in [5.74, 6) is -0.834. The first-order chi connectivity index (χ1) is 40.5. The number of rotatable bonds is 72. The van der Waals surface area contributed by atoms with Gasteiger partial charge in [-0.25, -0.2) is 0 Å². The largest absolute Gasteiger partial charge is 0.462 e. The zero-order chi connectivity index (χ0) is 59.2. The molecule has 0 aliphatic rings. The third-order valence-corrected chi connectivity index (χ3v) is 17.9. The highest BCUT2D eigenvalue weighted by Gasteiger charge is 2.20. The first-order valence-corrected chi connectivity index (χ1v) is 38.0. The molecule has 0 aliphatic heterocycles. The van der Waals surface area contributed by atoms with Crippen LogP contribution in [-0.2, 0) is 28.6 Å². The van der Waals surface area contributed by atoms with Crippen LogP contribution in [0.15, 0.2) is 0 Å². The predicted molar refractivity (Wildman–Crippen MR) is 358 cm³/mol. The molecule has 0 bridgehead atoms. The fourth-order valence-corrected chi connectivity index (χ4v) is 12.2. The van der Waals surface area contributed by atoms with Crippen LogP contribution in [0.1, 0.15) is 451 Å². The van der Waals surface area contributed by atoms with Crippen molar-refractivity contribution < 1.29 is 28.6 Å². The molecule has 0 saturated heterocycles. The highest BCUT2D eigenvalue weighted by atomic mass is 16.6. The second kappa shape index (κ2) is 71.9. The average Bonchev–Trinajstić information content (AvgIpc) is 3.47.